The van der Waals surface area contributed by atoms with E-state index in [1.54, 1.807) is 46.4 Å². The average molecular weight is 863 g/mol. The molecule has 0 radical (unpaired) electrons. The Bertz CT molecular complexity index is 2220. The number of aliphatic hydroxyl groups is 1. The number of nitrogens with two attached hydrogens (primary N) is 1. The third kappa shape index (κ3) is 11.8. The summed E-state index contributed by atoms with van der Waals surface area (Å²) in [6.45, 7) is 11.3. The first kappa shape index (κ1) is 45.8. The molecule has 6 atom stereocenters. The van der Waals surface area contributed by atoms with E-state index in [1.807, 2.05) is 48.5 Å². The molecule has 15 heteroatoms. The molecule has 3 aliphatic rings. The number of carbonyl (C=O) groups is 3. The molecule has 1 fully saturated rings. The van der Waals surface area contributed by atoms with Crippen molar-refractivity contribution in [2.45, 2.75) is 128 Å². The molecule has 0 aliphatic carbocycles. The van der Waals surface area contributed by atoms with Crippen molar-refractivity contribution in [3.05, 3.63) is 142 Å². The molecule has 0 spiro atoms. The van der Waals surface area contributed by atoms with E-state index < -0.39 is 89.1 Å². The van der Waals surface area contributed by atoms with E-state index in [4.69, 9.17) is 19.9 Å². The van der Waals surface area contributed by atoms with Gasteiger partial charge in [-0.25, -0.2) is 31.9 Å². The molecule has 3 heterocycles. The Kier molecular flexibility index (Phi) is 13.9. The molecule has 0 unspecified atom stereocenters. The van der Waals surface area contributed by atoms with Gasteiger partial charge in [-0.05, 0) is 125 Å². The number of amides is 3. The van der Waals surface area contributed by atoms with Crippen molar-refractivity contribution in [2.24, 2.45) is 5.73 Å². The maximum atomic E-state index is 13.7. The van der Waals surface area contributed by atoms with Gasteiger partial charge in [-0.2, -0.15) is 0 Å². The van der Waals surface area contributed by atoms with Gasteiger partial charge in [0.15, 0.2) is 0 Å². The summed E-state index contributed by atoms with van der Waals surface area (Å²) in [5.74, 6) is -2.78. The van der Waals surface area contributed by atoms with E-state index >= 15 is 0 Å². The van der Waals surface area contributed by atoms with Crippen LogP contribution < -0.4 is 11.1 Å². The number of aliphatic hydroxyl groups excluding tert-OH is 1. The molecule has 4 aromatic carbocycles. The molecule has 4 N–H and O–H groups in total. The van der Waals surface area contributed by atoms with Gasteiger partial charge < -0.3 is 30.4 Å². The van der Waals surface area contributed by atoms with Crippen LogP contribution in [0.2, 0.25) is 0 Å². The van der Waals surface area contributed by atoms with Gasteiger partial charge in [-0.3, -0.25) is 9.80 Å². The number of benzene rings is 4. The van der Waals surface area contributed by atoms with Gasteiger partial charge in [0.2, 0.25) is 0 Å². The minimum atomic E-state index is -1.11. The fourth-order valence-corrected chi connectivity index (χ4v) is 8.11. The molecule has 0 saturated carbocycles. The second kappa shape index (κ2) is 18.7. The second-order valence-corrected chi connectivity index (χ2v) is 18.0. The number of hydrogen-bond acceptors (Lipinski definition) is 8. The zero-order valence-corrected chi connectivity index (χ0v) is 35.7. The highest BCUT2D eigenvalue weighted by Crippen LogP contribution is 2.32. The van der Waals surface area contributed by atoms with E-state index in [1.165, 1.54) is 29.2 Å². The topological polar surface area (TPSA) is 144 Å². The van der Waals surface area contributed by atoms with Crippen molar-refractivity contribution in [1.29, 1.82) is 0 Å². The fraction of sp³-hybridized carbons (Fsp3) is 0.426. The van der Waals surface area contributed by atoms with Crippen LogP contribution in [-0.4, -0.2) is 80.8 Å². The quantitative estimate of drug-likeness (QED) is 0.126. The lowest BCUT2D eigenvalue weighted by atomic mass is 9.87. The minimum absolute atomic E-state index is 0.0656. The standard InChI is InChI=1S/C24H26F2N2O4.C23H28F2N2O3/c1-24(2,3)32-23(30)28-13-16-7-5-4-6-15(16)11-20(28)21-19(27-22(29)31-21)10-14-8-17(25)12-18(26)9-14;1-23(2,3)30-22(29)27-13-16-7-5-4-6-15(16)11-20(27)21(28)19(26)10-14-8-17(24)12-18(25)9-14/h4-9,12,19-21H,10-11,13H2,1-3H3,(H,27,29);4-9,12,19-21,28H,10-11,13,26H2,1-3H3/t2*19-,20+,21-/m00/s1. The SMILES string of the molecule is CC(C)(C)OC(=O)N1Cc2ccccc2C[C@@H]1[C@@H](O)[C@@H](N)Cc1cc(F)cc(F)c1.CC(C)(C)OC(=O)N1Cc2ccccc2C[C@@H]1[C@H]1OC(=O)N[C@H]1Cc1cc(F)cc(F)c1. The smallest absolute Gasteiger partial charge is 0.410 e. The largest absolute Gasteiger partial charge is 0.444 e. The summed E-state index contributed by atoms with van der Waals surface area (Å²) in [5.41, 5.74) is 9.62. The molecule has 1 saturated heterocycles. The molecule has 11 nitrogen and oxygen atoms in total. The van der Waals surface area contributed by atoms with E-state index in [0.29, 0.717) is 30.5 Å². The van der Waals surface area contributed by atoms with Gasteiger partial charge >= 0.3 is 18.3 Å². The zero-order chi connectivity index (χ0) is 45.1. The van der Waals surface area contributed by atoms with Crippen LogP contribution in [0.3, 0.4) is 0 Å². The molecule has 4 aromatic rings. The third-order valence-corrected chi connectivity index (χ3v) is 10.8. The molecule has 332 valence electrons. The van der Waals surface area contributed by atoms with Crippen molar-refractivity contribution < 1.29 is 51.3 Å². The van der Waals surface area contributed by atoms with Crippen molar-refractivity contribution in [3.63, 3.8) is 0 Å². The van der Waals surface area contributed by atoms with Crippen LogP contribution in [0.5, 0.6) is 0 Å². The van der Waals surface area contributed by atoms with E-state index in [2.05, 4.69) is 5.32 Å². The van der Waals surface area contributed by atoms with Gasteiger partial charge in [-0.1, -0.05) is 48.5 Å². The highest BCUT2D eigenvalue weighted by atomic mass is 19.1. The highest BCUT2D eigenvalue weighted by molar-refractivity contribution is 5.72. The Morgan fingerprint density at radius 2 is 1.19 bits per heavy atom. The summed E-state index contributed by atoms with van der Waals surface area (Å²) in [7, 11) is 0. The number of hydrogen-bond donors (Lipinski definition) is 3. The zero-order valence-electron chi connectivity index (χ0n) is 35.7. The fourth-order valence-electron chi connectivity index (χ4n) is 8.11. The van der Waals surface area contributed by atoms with Crippen LogP contribution in [0.15, 0.2) is 84.9 Å². The summed E-state index contributed by atoms with van der Waals surface area (Å²) >= 11 is 0. The monoisotopic (exact) mass is 862 g/mol. The maximum absolute atomic E-state index is 13.7. The Labute approximate surface area is 359 Å². The number of rotatable bonds is 7. The Morgan fingerprint density at radius 3 is 1.71 bits per heavy atom. The number of cyclic esters (lactones) is 1. The molecule has 3 amide bonds. The van der Waals surface area contributed by atoms with Crippen LogP contribution in [-0.2, 0) is 53.0 Å². The van der Waals surface area contributed by atoms with Crippen molar-refractivity contribution >= 4 is 18.3 Å². The lowest BCUT2D eigenvalue weighted by molar-refractivity contribution is -0.0171. The lowest BCUT2D eigenvalue weighted by Crippen LogP contribution is -2.57. The molecule has 62 heavy (non-hydrogen) atoms. The number of nitrogens with zero attached hydrogens (tertiary/aromatic N) is 2. The van der Waals surface area contributed by atoms with Crippen LogP contribution in [0.4, 0.5) is 31.9 Å². The Hall–Kier alpha value is -5.67. The van der Waals surface area contributed by atoms with Crippen molar-refractivity contribution in [3.8, 4) is 0 Å². The van der Waals surface area contributed by atoms with Crippen LogP contribution >= 0.6 is 0 Å². The predicted molar refractivity (Wildman–Crippen MR) is 223 cm³/mol. The van der Waals surface area contributed by atoms with Gasteiger partial charge in [0.25, 0.3) is 0 Å². The van der Waals surface area contributed by atoms with Crippen molar-refractivity contribution in [2.75, 3.05) is 0 Å². The first-order valence-corrected chi connectivity index (χ1v) is 20.6. The molecule has 0 aromatic heterocycles. The summed E-state index contributed by atoms with van der Waals surface area (Å²) in [5, 5.41) is 13.8. The van der Waals surface area contributed by atoms with Crippen LogP contribution in [0.25, 0.3) is 0 Å². The minimum Gasteiger partial charge on any atom is -0.444 e. The molecular formula is C47H54F4N4O7. The molecule has 3 aliphatic heterocycles. The van der Waals surface area contributed by atoms with Crippen LogP contribution in [0, 0.1) is 23.3 Å². The predicted octanol–water partition coefficient (Wildman–Crippen LogP) is 7.90. The molecular weight excluding hydrogens is 809 g/mol. The highest BCUT2D eigenvalue weighted by Gasteiger charge is 2.46. The number of halogens is 4. The van der Waals surface area contributed by atoms with Gasteiger partial charge in [0.05, 0.1) is 24.2 Å². The van der Waals surface area contributed by atoms with Gasteiger partial charge in [0.1, 0.15) is 40.6 Å². The summed E-state index contributed by atoms with van der Waals surface area (Å²) < 4.78 is 71.2. The number of fused-ring (bicyclic) bond motifs is 2. The van der Waals surface area contributed by atoms with E-state index in [0.717, 1.165) is 34.4 Å². The summed E-state index contributed by atoms with van der Waals surface area (Å²) in [6.07, 6.45) is -2.40. The number of alkyl carbamates (subject to hydrolysis) is 1. The summed E-state index contributed by atoms with van der Waals surface area (Å²) in [4.78, 5) is 41.2. The van der Waals surface area contributed by atoms with Gasteiger partial charge in [-0.15, -0.1) is 0 Å². The first-order chi connectivity index (χ1) is 29.1. The number of ether oxygens (including phenoxy) is 3. The second-order valence-electron chi connectivity index (χ2n) is 18.0. The molecule has 7 rings (SSSR count). The van der Waals surface area contributed by atoms with Crippen LogP contribution in [0.1, 0.15) is 74.9 Å². The Balaban J connectivity index is 0.000000207. The molecule has 0 bridgehead atoms. The van der Waals surface area contributed by atoms with E-state index in [-0.39, 0.29) is 19.4 Å². The van der Waals surface area contributed by atoms with E-state index in [9.17, 15) is 37.1 Å². The number of carbonyl (C=O) groups excluding carboxylic acids is 3. The average Bonchev–Trinajstić information content (AvgIpc) is 3.53. The third-order valence-electron chi connectivity index (χ3n) is 10.8. The van der Waals surface area contributed by atoms with Gasteiger partial charge in [0, 0.05) is 31.3 Å². The maximum Gasteiger partial charge on any atom is 0.410 e. The normalized spacial score (nSPS) is 20.7. The Morgan fingerprint density at radius 1 is 0.742 bits per heavy atom. The summed E-state index contributed by atoms with van der Waals surface area (Å²) in [6, 6.07) is 19.4. The lowest BCUT2D eigenvalue weighted by Gasteiger charge is -2.41. The number of nitrogens with one attached hydrogen (secondary N) is 1. The van der Waals surface area contributed by atoms with Crippen molar-refractivity contribution in [1.82, 2.24) is 15.1 Å². The first-order valence-electron chi connectivity index (χ1n) is 20.6.